The molecular weight excluding hydrogens is 214 g/mol. The van der Waals surface area contributed by atoms with Gasteiger partial charge in [0.1, 0.15) is 0 Å². The molecule has 0 spiro atoms. The van der Waals surface area contributed by atoms with Crippen molar-refractivity contribution < 1.29 is 4.74 Å². The molecule has 0 saturated carbocycles. The Morgan fingerprint density at radius 3 is 2.88 bits per heavy atom. The largest absolute Gasteiger partial charge is 0.381 e. The zero-order valence-electron chi connectivity index (χ0n) is 9.60. The van der Waals surface area contributed by atoms with Crippen LogP contribution >= 0.6 is 0 Å². The Kier molecular flexibility index (Phi) is 2.88. The number of rotatable bonds is 2. The molecule has 1 saturated heterocycles. The Hall–Kier alpha value is -1.68. The number of aromatic nitrogens is 2. The second-order valence-electron chi connectivity index (χ2n) is 4.31. The first-order valence-electron chi connectivity index (χ1n) is 5.98. The van der Waals surface area contributed by atoms with Crippen molar-refractivity contribution in [2.75, 3.05) is 18.5 Å². The first-order valence-corrected chi connectivity index (χ1v) is 5.98. The van der Waals surface area contributed by atoms with Crippen molar-refractivity contribution in [2.24, 2.45) is 0 Å². The molecular formula is C13H15N3O. The fraction of sp³-hybridized carbons (Fsp3) is 0.385. The van der Waals surface area contributed by atoms with Crippen molar-refractivity contribution in [2.45, 2.75) is 18.9 Å². The number of ether oxygens (including phenoxy) is 1. The van der Waals surface area contributed by atoms with Crippen molar-refractivity contribution in [3.8, 4) is 0 Å². The Morgan fingerprint density at radius 1 is 1.18 bits per heavy atom. The highest BCUT2D eigenvalue weighted by Gasteiger charge is 2.15. The zero-order chi connectivity index (χ0) is 11.5. The molecule has 17 heavy (non-hydrogen) atoms. The summed E-state index contributed by atoms with van der Waals surface area (Å²) in [4.78, 5) is 0. The smallest absolute Gasteiger partial charge is 0.156 e. The fourth-order valence-electron chi connectivity index (χ4n) is 2.17. The maximum atomic E-state index is 5.35. The van der Waals surface area contributed by atoms with Crippen molar-refractivity contribution in [1.29, 1.82) is 0 Å². The number of nitrogens with zero attached hydrogens (tertiary/aromatic N) is 2. The number of fused-ring (bicyclic) bond motifs is 1. The average Bonchev–Trinajstić information content (AvgIpc) is 2.40. The summed E-state index contributed by atoms with van der Waals surface area (Å²) in [6.07, 6.45) is 3.86. The highest BCUT2D eigenvalue weighted by molar-refractivity contribution is 5.90. The summed E-state index contributed by atoms with van der Waals surface area (Å²) in [5.41, 5.74) is 0. The number of anilines is 1. The zero-order valence-corrected chi connectivity index (χ0v) is 9.60. The van der Waals surface area contributed by atoms with Crippen LogP contribution in [0.1, 0.15) is 12.8 Å². The Labute approximate surface area is 100 Å². The van der Waals surface area contributed by atoms with Crippen LogP contribution in [0.15, 0.2) is 30.5 Å². The van der Waals surface area contributed by atoms with E-state index in [1.54, 1.807) is 6.20 Å². The van der Waals surface area contributed by atoms with Crippen LogP contribution in [0.3, 0.4) is 0 Å². The van der Waals surface area contributed by atoms with E-state index in [1.165, 1.54) is 0 Å². The standard InChI is InChI=1S/C13H15N3O/c1-2-4-12-10(3-1)9-14-16-13(12)15-11-5-7-17-8-6-11/h1-4,9,11H,5-8H2,(H,15,16). The van der Waals surface area contributed by atoms with Crippen molar-refractivity contribution in [1.82, 2.24) is 10.2 Å². The third-order valence-corrected chi connectivity index (χ3v) is 3.13. The van der Waals surface area contributed by atoms with E-state index in [9.17, 15) is 0 Å². The summed E-state index contributed by atoms with van der Waals surface area (Å²) in [6.45, 7) is 1.66. The van der Waals surface area contributed by atoms with Crippen LogP contribution in [0.4, 0.5) is 5.82 Å². The third kappa shape index (κ3) is 2.22. The summed E-state index contributed by atoms with van der Waals surface area (Å²) in [7, 11) is 0. The van der Waals surface area contributed by atoms with Gasteiger partial charge >= 0.3 is 0 Å². The molecule has 4 nitrogen and oxygen atoms in total. The molecule has 0 atom stereocenters. The SMILES string of the molecule is c1ccc2c(NC3CCOCC3)nncc2c1. The molecule has 2 heterocycles. The molecule has 0 radical (unpaired) electrons. The summed E-state index contributed by atoms with van der Waals surface area (Å²) in [5, 5.41) is 14.0. The quantitative estimate of drug-likeness (QED) is 0.857. The van der Waals surface area contributed by atoms with Gasteiger partial charge in [-0.3, -0.25) is 0 Å². The molecule has 1 aliphatic heterocycles. The number of hydrogen-bond donors (Lipinski definition) is 1. The monoisotopic (exact) mass is 229 g/mol. The average molecular weight is 229 g/mol. The van der Waals surface area contributed by atoms with Crippen LogP contribution in [0.25, 0.3) is 10.8 Å². The van der Waals surface area contributed by atoms with E-state index in [0.717, 1.165) is 42.6 Å². The maximum Gasteiger partial charge on any atom is 0.156 e. The van der Waals surface area contributed by atoms with Crippen LogP contribution in [0, 0.1) is 0 Å². The maximum absolute atomic E-state index is 5.35. The van der Waals surface area contributed by atoms with Gasteiger partial charge in [-0.1, -0.05) is 24.3 Å². The minimum absolute atomic E-state index is 0.448. The summed E-state index contributed by atoms with van der Waals surface area (Å²) in [6, 6.07) is 8.62. The summed E-state index contributed by atoms with van der Waals surface area (Å²) in [5.74, 6) is 0.884. The number of hydrogen-bond acceptors (Lipinski definition) is 4. The lowest BCUT2D eigenvalue weighted by molar-refractivity contribution is 0.0904. The minimum atomic E-state index is 0.448. The predicted octanol–water partition coefficient (Wildman–Crippen LogP) is 2.22. The first-order chi connectivity index (χ1) is 8.43. The van der Waals surface area contributed by atoms with E-state index in [4.69, 9.17) is 4.74 Å². The van der Waals surface area contributed by atoms with Gasteiger partial charge in [0.2, 0.25) is 0 Å². The minimum Gasteiger partial charge on any atom is -0.381 e. The normalized spacial score (nSPS) is 17.2. The molecule has 3 rings (SSSR count). The van der Waals surface area contributed by atoms with Crippen molar-refractivity contribution in [3.05, 3.63) is 30.5 Å². The highest BCUT2D eigenvalue weighted by Crippen LogP contribution is 2.21. The van der Waals surface area contributed by atoms with Gasteiger partial charge < -0.3 is 10.1 Å². The second-order valence-corrected chi connectivity index (χ2v) is 4.31. The molecule has 0 aliphatic carbocycles. The summed E-state index contributed by atoms with van der Waals surface area (Å²) < 4.78 is 5.35. The van der Waals surface area contributed by atoms with Gasteiger partial charge in [0.15, 0.2) is 5.82 Å². The van der Waals surface area contributed by atoms with E-state index >= 15 is 0 Å². The highest BCUT2D eigenvalue weighted by atomic mass is 16.5. The van der Waals surface area contributed by atoms with Crippen LogP contribution < -0.4 is 5.32 Å². The Bertz CT molecular complexity index is 503. The van der Waals surface area contributed by atoms with E-state index in [0.29, 0.717) is 6.04 Å². The second kappa shape index (κ2) is 4.67. The van der Waals surface area contributed by atoms with E-state index in [-0.39, 0.29) is 0 Å². The van der Waals surface area contributed by atoms with Gasteiger partial charge in [-0.05, 0) is 12.8 Å². The Balaban J connectivity index is 1.89. The molecule has 2 aromatic rings. The molecule has 1 aliphatic rings. The van der Waals surface area contributed by atoms with Crippen LogP contribution in [0.2, 0.25) is 0 Å². The van der Waals surface area contributed by atoms with Crippen LogP contribution in [-0.4, -0.2) is 29.5 Å². The number of nitrogens with one attached hydrogen (secondary N) is 1. The van der Waals surface area contributed by atoms with Gasteiger partial charge in [-0.15, -0.1) is 5.10 Å². The van der Waals surface area contributed by atoms with Gasteiger partial charge in [0.05, 0.1) is 6.20 Å². The molecule has 0 amide bonds. The van der Waals surface area contributed by atoms with Crippen LogP contribution in [0.5, 0.6) is 0 Å². The topological polar surface area (TPSA) is 47.0 Å². The lowest BCUT2D eigenvalue weighted by atomic mass is 10.1. The third-order valence-electron chi connectivity index (χ3n) is 3.13. The van der Waals surface area contributed by atoms with Gasteiger partial charge in [0.25, 0.3) is 0 Å². The van der Waals surface area contributed by atoms with Crippen molar-refractivity contribution >= 4 is 16.6 Å². The van der Waals surface area contributed by atoms with Crippen molar-refractivity contribution in [3.63, 3.8) is 0 Å². The van der Waals surface area contributed by atoms with Crippen LogP contribution in [-0.2, 0) is 4.74 Å². The molecule has 1 aromatic heterocycles. The molecule has 1 fully saturated rings. The lowest BCUT2D eigenvalue weighted by Crippen LogP contribution is -2.28. The number of benzene rings is 1. The lowest BCUT2D eigenvalue weighted by Gasteiger charge is -2.23. The van der Waals surface area contributed by atoms with E-state index in [2.05, 4.69) is 27.6 Å². The molecule has 0 unspecified atom stereocenters. The first kappa shape index (κ1) is 10.5. The molecule has 1 N–H and O–H groups in total. The van der Waals surface area contributed by atoms with Gasteiger partial charge in [0, 0.05) is 30.0 Å². The summed E-state index contributed by atoms with van der Waals surface area (Å²) >= 11 is 0. The Morgan fingerprint density at radius 2 is 2.00 bits per heavy atom. The van der Waals surface area contributed by atoms with E-state index in [1.807, 2.05) is 12.1 Å². The molecule has 4 heteroatoms. The molecule has 88 valence electrons. The fourth-order valence-corrected chi connectivity index (χ4v) is 2.17. The predicted molar refractivity (Wildman–Crippen MR) is 67.0 cm³/mol. The van der Waals surface area contributed by atoms with Gasteiger partial charge in [-0.2, -0.15) is 5.10 Å². The molecule has 1 aromatic carbocycles. The molecule has 0 bridgehead atoms. The van der Waals surface area contributed by atoms with E-state index < -0.39 is 0 Å². The van der Waals surface area contributed by atoms with Gasteiger partial charge in [-0.25, -0.2) is 0 Å².